The summed E-state index contributed by atoms with van der Waals surface area (Å²) in [7, 11) is -3.84. The molecule has 1 amide bonds. The van der Waals surface area contributed by atoms with Gasteiger partial charge in [0.25, 0.3) is 5.69 Å². The van der Waals surface area contributed by atoms with Crippen LogP contribution >= 0.6 is 23.2 Å². The summed E-state index contributed by atoms with van der Waals surface area (Å²) in [5.41, 5.74) is -0.685. The monoisotopic (exact) mass is 428 g/mol. The molecule has 1 saturated carbocycles. The summed E-state index contributed by atoms with van der Waals surface area (Å²) in [6, 6.07) is 10.2. The molecule has 2 aromatic carbocycles. The number of rotatable bonds is 5. The zero-order valence-electron chi connectivity index (χ0n) is 14.0. The van der Waals surface area contributed by atoms with Gasteiger partial charge < -0.3 is 5.32 Å². The second kappa shape index (κ2) is 6.47. The average Bonchev–Trinajstić information content (AvgIpc) is 3.15. The number of hydrogen-bond donors (Lipinski definition) is 1. The SMILES string of the molecule is C[C@]1(C(=O)Nc2ccc(S(=O)(=O)c3ccc([N+](=O)[O-])cc3)cc2)CC1(Cl)Cl. The molecule has 2 aromatic rings. The van der Waals surface area contributed by atoms with Crippen LogP contribution in [-0.2, 0) is 14.6 Å². The Kier molecular flexibility index (Phi) is 4.70. The van der Waals surface area contributed by atoms with Crippen molar-refractivity contribution in [2.24, 2.45) is 5.41 Å². The van der Waals surface area contributed by atoms with Gasteiger partial charge in [-0.2, -0.15) is 0 Å². The van der Waals surface area contributed by atoms with Crippen molar-refractivity contribution in [2.45, 2.75) is 27.5 Å². The van der Waals surface area contributed by atoms with Crippen LogP contribution in [-0.4, -0.2) is 23.6 Å². The van der Waals surface area contributed by atoms with Crippen molar-refractivity contribution in [3.8, 4) is 0 Å². The van der Waals surface area contributed by atoms with Gasteiger partial charge in [0.15, 0.2) is 0 Å². The first-order valence-corrected chi connectivity index (χ1v) is 10.0. The number of nitro groups is 1. The van der Waals surface area contributed by atoms with Crippen LogP contribution in [0.15, 0.2) is 58.3 Å². The first-order valence-electron chi connectivity index (χ1n) is 7.76. The van der Waals surface area contributed by atoms with E-state index < -0.39 is 24.5 Å². The van der Waals surface area contributed by atoms with Crippen molar-refractivity contribution < 1.29 is 18.1 Å². The maximum absolute atomic E-state index is 12.6. The highest BCUT2D eigenvalue weighted by molar-refractivity contribution is 7.91. The Bertz CT molecular complexity index is 1020. The fraction of sp³-hybridized carbons (Fsp3) is 0.235. The molecule has 0 radical (unpaired) electrons. The van der Waals surface area contributed by atoms with Gasteiger partial charge in [-0.1, -0.05) is 0 Å². The summed E-state index contributed by atoms with van der Waals surface area (Å²) in [5, 5.41) is 13.3. The van der Waals surface area contributed by atoms with Crippen LogP contribution in [0.3, 0.4) is 0 Å². The van der Waals surface area contributed by atoms with E-state index in [1.54, 1.807) is 6.92 Å². The predicted octanol–water partition coefficient (Wildman–Crippen LogP) is 3.95. The van der Waals surface area contributed by atoms with E-state index in [4.69, 9.17) is 23.2 Å². The number of nitrogens with one attached hydrogen (secondary N) is 1. The van der Waals surface area contributed by atoms with E-state index in [0.29, 0.717) is 12.1 Å². The third-order valence-corrected chi connectivity index (χ3v) is 7.43. The smallest absolute Gasteiger partial charge is 0.269 e. The standard InChI is InChI=1S/C17H14Cl2N2O5S/c1-16(10-17(16,18)19)15(22)20-11-2-6-13(7-3-11)27(25,26)14-8-4-12(5-9-14)21(23)24/h2-9H,10H2,1H3,(H,20,22)/t16-/m1/s1. The number of halogens is 2. The summed E-state index contributed by atoms with van der Waals surface area (Å²) in [6.07, 6.45) is 0.335. The lowest BCUT2D eigenvalue weighted by Crippen LogP contribution is -2.25. The third kappa shape index (κ3) is 3.52. The molecule has 0 aromatic heterocycles. The van der Waals surface area contributed by atoms with Gasteiger partial charge in [-0.3, -0.25) is 14.9 Å². The molecule has 1 fully saturated rings. The predicted molar refractivity (Wildman–Crippen MR) is 101 cm³/mol. The van der Waals surface area contributed by atoms with E-state index in [2.05, 4.69) is 5.32 Å². The van der Waals surface area contributed by atoms with Crippen LogP contribution < -0.4 is 5.32 Å². The Morgan fingerprint density at radius 1 is 1.07 bits per heavy atom. The van der Waals surface area contributed by atoms with Gasteiger partial charge in [0.05, 0.1) is 20.1 Å². The molecule has 0 unspecified atom stereocenters. The molecule has 142 valence electrons. The fourth-order valence-electron chi connectivity index (χ4n) is 2.52. The largest absolute Gasteiger partial charge is 0.326 e. The van der Waals surface area contributed by atoms with Crippen molar-refractivity contribution in [2.75, 3.05) is 5.32 Å². The first kappa shape index (κ1) is 19.6. The molecule has 0 saturated heterocycles. The molecule has 1 aliphatic rings. The van der Waals surface area contributed by atoms with E-state index >= 15 is 0 Å². The number of anilines is 1. The number of non-ortho nitro benzene ring substituents is 1. The number of carbonyl (C=O) groups is 1. The molecular formula is C17H14Cl2N2O5S. The number of carbonyl (C=O) groups excluding carboxylic acids is 1. The van der Waals surface area contributed by atoms with Gasteiger partial charge in [0.2, 0.25) is 15.7 Å². The van der Waals surface area contributed by atoms with Gasteiger partial charge in [0.1, 0.15) is 4.33 Å². The van der Waals surface area contributed by atoms with Crippen molar-refractivity contribution >= 4 is 50.3 Å². The van der Waals surface area contributed by atoms with Gasteiger partial charge in [0, 0.05) is 17.8 Å². The highest BCUT2D eigenvalue weighted by atomic mass is 35.5. The number of sulfone groups is 1. The minimum absolute atomic E-state index is 0.00369. The summed E-state index contributed by atoms with van der Waals surface area (Å²) >= 11 is 12.0. The van der Waals surface area contributed by atoms with Gasteiger partial charge in [-0.05, 0) is 49.7 Å². The normalized spacial score (nSPS) is 20.7. The highest BCUT2D eigenvalue weighted by Gasteiger charge is 2.67. The third-order valence-electron chi connectivity index (χ3n) is 4.54. The highest BCUT2D eigenvalue weighted by Crippen LogP contribution is 2.64. The van der Waals surface area contributed by atoms with E-state index in [9.17, 15) is 23.3 Å². The molecule has 1 atom stereocenters. The second-order valence-corrected chi connectivity index (χ2v) is 9.88. The lowest BCUT2D eigenvalue weighted by molar-refractivity contribution is -0.384. The summed E-state index contributed by atoms with van der Waals surface area (Å²) in [4.78, 5) is 22.3. The summed E-state index contributed by atoms with van der Waals surface area (Å²) in [6.45, 7) is 1.65. The van der Waals surface area contributed by atoms with Crippen LogP contribution in [0.2, 0.25) is 0 Å². The van der Waals surface area contributed by atoms with E-state index in [-0.39, 0.29) is 21.4 Å². The Labute approximate surface area is 165 Å². The van der Waals surface area contributed by atoms with Gasteiger partial charge in [-0.25, -0.2) is 8.42 Å². The molecule has 3 rings (SSSR count). The quantitative estimate of drug-likeness (QED) is 0.440. The van der Waals surface area contributed by atoms with E-state index in [0.717, 1.165) is 12.1 Å². The lowest BCUT2D eigenvalue weighted by atomic mass is 10.1. The fourth-order valence-corrected chi connectivity index (χ4v) is 4.48. The minimum Gasteiger partial charge on any atom is -0.326 e. The topological polar surface area (TPSA) is 106 Å². The molecule has 0 spiro atoms. The molecule has 27 heavy (non-hydrogen) atoms. The number of amides is 1. The molecule has 1 N–H and O–H groups in total. The maximum Gasteiger partial charge on any atom is 0.269 e. The number of alkyl halides is 2. The van der Waals surface area contributed by atoms with Crippen molar-refractivity contribution in [1.82, 2.24) is 0 Å². The Balaban J connectivity index is 1.78. The number of nitrogens with zero attached hydrogens (tertiary/aromatic N) is 1. The molecule has 0 heterocycles. The maximum atomic E-state index is 12.6. The lowest BCUT2D eigenvalue weighted by Gasteiger charge is -2.13. The molecule has 10 heteroatoms. The van der Waals surface area contributed by atoms with E-state index in [1.807, 2.05) is 0 Å². The van der Waals surface area contributed by atoms with Crippen molar-refractivity contribution in [3.05, 3.63) is 58.6 Å². The zero-order valence-corrected chi connectivity index (χ0v) is 16.3. The molecule has 1 aliphatic carbocycles. The van der Waals surface area contributed by atoms with Crippen molar-refractivity contribution in [3.63, 3.8) is 0 Å². The van der Waals surface area contributed by atoms with Crippen LogP contribution in [0, 0.1) is 15.5 Å². The van der Waals surface area contributed by atoms with Crippen LogP contribution in [0.1, 0.15) is 13.3 Å². The number of hydrogen-bond acceptors (Lipinski definition) is 5. The molecule has 0 aliphatic heterocycles. The van der Waals surface area contributed by atoms with Crippen LogP contribution in [0.5, 0.6) is 0 Å². The second-order valence-electron chi connectivity index (χ2n) is 6.45. The Hall–Kier alpha value is -2.16. The van der Waals surface area contributed by atoms with E-state index in [1.165, 1.54) is 36.4 Å². The number of nitro benzene ring substituents is 1. The zero-order chi connectivity index (χ0) is 20.0. The van der Waals surface area contributed by atoms with Gasteiger partial charge >= 0.3 is 0 Å². The summed E-state index contributed by atoms with van der Waals surface area (Å²) < 4.78 is 24.1. The van der Waals surface area contributed by atoms with Crippen LogP contribution in [0.4, 0.5) is 11.4 Å². The summed E-state index contributed by atoms with van der Waals surface area (Å²) in [5.74, 6) is -0.349. The Morgan fingerprint density at radius 3 is 1.93 bits per heavy atom. The molecule has 7 nitrogen and oxygen atoms in total. The first-order chi connectivity index (χ1) is 12.5. The number of benzene rings is 2. The minimum atomic E-state index is -3.84. The average molecular weight is 429 g/mol. The van der Waals surface area contributed by atoms with Gasteiger partial charge in [-0.15, -0.1) is 23.2 Å². The van der Waals surface area contributed by atoms with Crippen LogP contribution in [0.25, 0.3) is 0 Å². The molecule has 0 bridgehead atoms. The molecular weight excluding hydrogens is 415 g/mol. The Morgan fingerprint density at radius 2 is 1.52 bits per heavy atom. The van der Waals surface area contributed by atoms with Crippen molar-refractivity contribution in [1.29, 1.82) is 0 Å².